The van der Waals surface area contributed by atoms with Gasteiger partial charge in [-0.05, 0) is 17.9 Å². The second kappa shape index (κ2) is 4.65. The summed E-state index contributed by atoms with van der Waals surface area (Å²) in [5.41, 5.74) is -0.580. The summed E-state index contributed by atoms with van der Waals surface area (Å²) in [5.74, 6) is 0. The van der Waals surface area contributed by atoms with E-state index in [1.807, 2.05) is 5.38 Å². The van der Waals surface area contributed by atoms with E-state index in [0.717, 1.165) is 24.1 Å². The highest BCUT2D eigenvalue weighted by Crippen LogP contribution is 2.15. The van der Waals surface area contributed by atoms with Crippen molar-refractivity contribution in [3.05, 3.63) is 32.3 Å². The fourth-order valence-electron chi connectivity index (χ4n) is 1.73. The van der Waals surface area contributed by atoms with E-state index in [0.29, 0.717) is 11.9 Å². The molecule has 16 heavy (non-hydrogen) atoms. The van der Waals surface area contributed by atoms with E-state index in [1.165, 1.54) is 11.3 Å². The number of H-pyrrole nitrogens is 1. The molecule has 2 aromatic rings. The fourth-order valence-corrected chi connectivity index (χ4v) is 2.65. The molecule has 0 saturated carbocycles. The van der Waals surface area contributed by atoms with Crippen LogP contribution in [-0.4, -0.2) is 9.55 Å². The number of nitrogens with zero attached hydrogens (tertiary/aromatic N) is 1. The largest absolute Gasteiger partial charge is 0.329 e. The van der Waals surface area contributed by atoms with E-state index in [1.54, 1.807) is 10.6 Å². The number of fused-ring (bicyclic) bond motifs is 1. The predicted octanol–water partition coefficient (Wildman–Crippen LogP) is 1.94. The normalized spacial score (nSPS) is 11.1. The first-order chi connectivity index (χ1) is 7.74. The number of aryl methyl sites for hydroxylation is 1. The average molecular weight is 238 g/mol. The molecule has 0 amide bonds. The minimum Gasteiger partial charge on any atom is -0.285 e. The van der Waals surface area contributed by atoms with E-state index in [-0.39, 0.29) is 11.2 Å². The minimum absolute atomic E-state index is 0.284. The van der Waals surface area contributed by atoms with Crippen molar-refractivity contribution >= 4 is 21.6 Å². The number of rotatable bonds is 4. The van der Waals surface area contributed by atoms with Gasteiger partial charge in [-0.15, -0.1) is 11.3 Å². The third-order valence-corrected chi connectivity index (χ3v) is 3.52. The molecule has 0 saturated heterocycles. The molecule has 0 unspecified atom stereocenters. The molecule has 4 nitrogen and oxygen atoms in total. The van der Waals surface area contributed by atoms with Crippen LogP contribution >= 0.6 is 11.3 Å². The lowest BCUT2D eigenvalue weighted by Crippen LogP contribution is -2.29. The van der Waals surface area contributed by atoms with E-state index >= 15 is 0 Å². The van der Waals surface area contributed by atoms with Crippen molar-refractivity contribution in [2.75, 3.05) is 0 Å². The van der Waals surface area contributed by atoms with Crippen LogP contribution < -0.4 is 11.2 Å². The molecule has 1 N–H and O–H groups in total. The zero-order valence-electron chi connectivity index (χ0n) is 9.16. The van der Waals surface area contributed by atoms with Gasteiger partial charge < -0.3 is 0 Å². The Morgan fingerprint density at radius 1 is 1.38 bits per heavy atom. The summed E-state index contributed by atoms with van der Waals surface area (Å²) in [4.78, 5) is 26.3. The van der Waals surface area contributed by atoms with Crippen LogP contribution in [0.15, 0.2) is 21.0 Å². The molecule has 0 aliphatic heterocycles. The molecule has 0 aliphatic rings. The molecular formula is C11H14N2O2S. The van der Waals surface area contributed by atoms with Crippen LogP contribution in [0.3, 0.4) is 0 Å². The van der Waals surface area contributed by atoms with Crippen LogP contribution in [0.5, 0.6) is 0 Å². The highest BCUT2D eigenvalue weighted by atomic mass is 32.1. The number of hydrogen-bond acceptors (Lipinski definition) is 3. The Hall–Kier alpha value is -1.36. The Kier molecular flexibility index (Phi) is 3.24. The SMILES string of the molecule is CCCCCn1c(=O)[nH]c(=O)c2ccsc21. The van der Waals surface area contributed by atoms with Crippen LogP contribution in [0.1, 0.15) is 26.2 Å². The highest BCUT2D eigenvalue weighted by molar-refractivity contribution is 7.16. The molecular weight excluding hydrogens is 224 g/mol. The molecule has 2 heterocycles. The van der Waals surface area contributed by atoms with Crippen molar-refractivity contribution in [3.8, 4) is 0 Å². The molecule has 5 heteroatoms. The number of unbranched alkanes of at least 4 members (excludes halogenated alkanes) is 2. The van der Waals surface area contributed by atoms with Gasteiger partial charge in [0, 0.05) is 6.54 Å². The Morgan fingerprint density at radius 3 is 2.94 bits per heavy atom. The molecule has 0 atom stereocenters. The molecule has 0 fully saturated rings. The Labute approximate surface area is 96.6 Å². The lowest BCUT2D eigenvalue weighted by Gasteiger charge is -2.05. The summed E-state index contributed by atoms with van der Waals surface area (Å²) in [6.45, 7) is 2.80. The first-order valence-electron chi connectivity index (χ1n) is 5.44. The summed E-state index contributed by atoms with van der Waals surface area (Å²) in [7, 11) is 0. The summed E-state index contributed by atoms with van der Waals surface area (Å²) in [6, 6.07) is 1.76. The minimum atomic E-state index is -0.295. The van der Waals surface area contributed by atoms with E-state index in [2.05, 4.69) is 11.9 Å². The maximum absolute atomic E-state index is 11.7. The van der Waals surface area contributed by atoms with Crippen LogP contribution in [0.4, 0.5) is 0 Å². The van der Waals surface area contributed by atoms with Gasteiger partial charge in [0.05, 0.1) is 5.39 Å². The van der Waals surface area contributed by atoms with Crippen LogP contribution in [0.2, 0.25) is 0 Å². The molecule has 2 rings (SSSR count). The Balaban J connectivity index is 2.47. The molecule has 2 aromatic heterocycles. The molecule has 0 aromatic carbocycles. The maximum Gasteiger partial charge on any atom is 0.329 e. The van der Waals surface area contributed by atoms with Crippen molar-refractivity contribution in [1.82, 2.24) is 9.55 Å². The van der Waals surface area contributed by atoms with Gasteiger partial charge >= 0.3 is 5.69 Å². The summed E-state index contributed by atoms with van der Waals surface area (Å²) >= 11 is 1.44. The predicted molar refractivity (Wildman–Crippen MR) is 66.2 cm³/mol. The van der Waals surface area contributed by atoms with Gasteiger partial charge in [-0.2, -0.15) is 0 Å². The lowest BCUT2D eigenvalue weighted by molar-refractivity contribution is 0.594. The second-order valence-electron chi connectivity index (χ2n) is 3.76. The van der Waals surface area contributed by atoms with Crippen molar-refractivity contribution in [2.45, 2.75) is 32.7 Å². The lowest BCUT2D eigenvalue weighted by atomic mass is 10.2. The van der Waals surface area contributed by atoms with Crippen molar-refractivity contribution in [1.29, 1.82) is 0 Å². The smallest absolute Gasteiger partial charge is 0.285 e. The number of nitrogens with one attached hydrogen (secondary N) is 1. The van der Waals surface area contributed by atoms with Gasteiger partial charge in [0.1, 0.15) is 4.83 Å². The van der Waals surface area contributed by atoms with Crippen LogP contribution in [0.25, 0.3) is 10.2 Å². The monoisotopic (exact) mass is 238 g/mol. The van der Waals surface area contributed by atoms with E-state index in [9.17, 15) is 9.59 Å². The van der Waals surface area contributed by atoms with Crippen molar-refractivity contribution in [2.24, 2.45) is 0 Å². The molecule has 86 valence electrons. The molecule has 0 bridgehead atoms. The third kappa shape index (κ3) is 1.95. The highest BCUT2D eigenvalue weighted by Gasteiger charge is 2.07. The van der Waals surface area contributed by atoms with Crippen LogP contribution in [0, 0.1) is 0 Å². The van der Waals surface area contributed by atoms with Gasteiger partial charge in [-0.1, -0.05) is 19.8 Å². The Morgan fingerprint density at radius 2 is 2.19 bits per heavy atom. The third-order valence-electron chi connectivity index (χ3n) is 2.59. The molecule has 0 spiro atoms. The first-order valence-corrected chi connectivity index (χ1v) is 6.32. The van der Waals surface area contributed by atoms with Gasteiger partial charge in [0.2, 0.25) is 0 Å². The number of aromatic nitrogens is 2. The molecule has 0 aliphatic carbocycles. The van der Waals surface area contributed by atoms with Gasteiger partial charge in [-0.25, -0.2) is 4.79 Å². The topological polar surface area (TPSA) is 54.9 Å². The van der Waals surface area contributed by atoms with E-state index in [4.69, 9.17) is 0 Å². The summed E-state index contributed by atoms with van der Waals surface area (Å²) < 4.78 is 1.66. The zero-order chi connectivity index (χ0) is 11.5. The van der Waals surface area contributed by atoms with Gasteiger partial charge in [0.15, 0.2) is 0 Å². The maximum atomic E-state index is 11.7. The summed E-state index contributed by atoms with van der Waals surface area (Å²) in [6.07, 6.45) is 3.18. The fraction of sp³-hybridized carbons (Fsp3) is 0.455. The number of hydrogen-bond donors (Lipinski definition) is 1. The zero-order valence-corrected chi connectivity index (χ0v) is 9.97. The van der Waals surface area contributed by atoms with Crippen molar-refractivity contribution < 1.29 is 0 Å². The number of thiophene rings is 1. The number of aromatic amines is 1. The second-order valence-corrected chi connectivity index (χ2v) is 4.65. The standard InChI is InChI=1S/C11H14N2O2S/c1-2-3-4-6-13-10-8(5-7-16-10)9(14)12-11(13)15/h5,7H,2-4,6H2,1H3,(H,12,14,15). The van der Waals surface area contributed by atoms with Crippen LogP contribution in [-0.2, 0) is 6.54 Å². The quantitative estimate of drug-likeness (QED) is 0.828. The Bertz CT molecular complexity index is 594. The van der Waals surface area contributed by atoms with Gasteiger partial charge in [-0.3, -0.25) is 14.3 Å². The molecule has 0 radical (unpaired) electrons. The average Bonchev–Trinajstić information content (AvgIpc) is 2.72. The van der Waals surface area contributed by atoms with E-state index < -0.39 is 0 Å². The summed E-state index contributed by atoms with van der Waals surface area (Å²) in [5, 5.41) is 2.46. The van der Waals surface area contributed by atoms with Gasteiger partial charge in [0.25, 0.3) is 5.56 Å². The first kappa shape index (κ1) is 11.1. The van der Waals surface area contributed by atoms with Crippen molar-refractivity contribution in [3.63, 3.8) is 0 Å².